The molecule has 0 heterocycles. The molecule has 1 fully saturated rings. The molecular formula is C18H24O3. The number of hydrogen-bond donors (Lipinski definition) is 0. The molecule has 0 N–H and O–H groups in total. The zero-order chi connectivity index (χ0) is 15.1. The summed E-state index contributed by atoms with van der Waals surface area (Å²) < 4.78 is 10.9. The molecule has 21 heavy (non-hydrogen) atoms. The van der Waals surface area contributed by atoms with Gasteiger partial charge in [-0.3, -0.25) is 4.79 Å². The Morgan fingerprint density at radius 1 is 1.19 bits per heavy atom. The highest BCUT2D eigenvalue weighted by Crippen LogP contribution is 2.31. The van der Waals surface area contributed by atoms with Gasteiger partial charge in [-0.2, -0.15) is 0 Å². The van der Waals surface area contributed by atoms with Gasteiger partial charge in [-0.1, -0.05) is 26.0 Å². The van der Waals surface area contributed by atoms with Crippen LogP contribution >= 0.6 is 0 Å². The first-order valence-electron chi connectivity index (χ1n) is 7.78. The van der Waals surface area contributed by atoms with Crippen LogP contribution in [0.5, 0.6) is 11.5 Å². The lowest BCUT2D eigenvalue weighted by atomic mass is 9.81. The van der Waals surface area contributed by atoms with Crippen molar-refractivity contribution >= 4 is 5.97 Å². The Morgan fingerprint density at radius 2 is 1.81 bits per heavy atom. The summed E-state index contributed by atoms with van der Waals surface area (Å²) in [5.74, 6) is 2.09. The maximum atomic E-state index is 12.2. The molecule has 0 radical (unpaired) electrons. The summed E-state index contributed by atoms with van der Waals surface area (Å²) in [6, 6.07) is 7.15. The van der Waals surface area contributed by atoms with E-state index in [1.54, 1.807) is 30.3 Å². The van der Waals surface area contributed by atoms with Gasteiger partial charge in [-0.15, -0.1) is 0 Å². The highest BCUT2D eigenvalue weighted by Gasteiger charge is 2.26. The minimum absolute atomic E-state index is 0.0597. The van der Waals surface area contributed by atoms with Crippen LogP contribution in [0.25, 0.3) is 0 Å². The first-order valence-corrected chi connectivity index (χ1v) is 7.78. The number of rotatable bonds is 6. The number of ether oxygens (including phenoxy) is 2. The number of benzene rings is 1. The summed E-state index contributed by atoms with van der Waals surface area (Å²) in [7, 11) is 0. The van der Waals surface area contributed by atoms with Crippen molar-refractivity contribution in [1.29, 1.82) is 0 Å². The molecule has 0 aromatic heterocycles. The number of carbonyl (C=O) groups excluding carboxylic acids is 1. The van der Waals surface area contributed by atoms with Gasteiger partial charge in [-0.25, -0.2) is 0 Å². The van der Waals surface area contributed by atoms with E-state index in [0.717, 1.165) is 37.4 Å². The van der Waals surface area contributed by atoms with Crippen molar-refractivity contribution in [3.05, 3.63) is 36.9 Å². The maximum absolute atomic E-state index is 12.2. The molecule has 1 aliphatic carbocycles. The summed E-state index contributed by atoms with van der Waals surface area (Å²) in [6.45, 7) is 6.30. The smallest absolute Gasteiger partial charge is 0.314 e. The Kier molecular flexibility index (Phi) is 5.85. The highest BCUT2D eigenvalue weighted by atomic mass is 16.5. The molecule has 3 nitrogen and oxygen atoms in total. The van der Waals surface area contributed by atoms with Gasteiger partial charge in [0.15, 0.2) is 0 Å². The van der Waals surface area contributed by atoms with Gasteiger partial charge < -0.3 is 9.47 Å². The number of esters is 1. The average molecular weight is 288 g/mol. The first-order chi connectivity index (χ1) is 10.2. The van der Waals surface area contributed by atoms with Gasteiger partial charge >= 0.3 is 5.97 Å². The molecule has 114 valence electrons. The summed E-state index contributed by atoms with van der Waals surface area (Å²) in [5, 5.41) is 0. The van der Waals surface area contributed by atoms with Gasteiger partial charge in [0.25, 0.3) is 0 Å². The summed E-state index contributed by atoms with van der Waals surface area (Å²) in [4.78, 5) is 12.2. The molecule has 0 amide bonds. The largest absolute Gasteiger partial charge is 0.490 e. The third-order valence-electron chi connectivity index (χ3n) is 4.17. The molecule has 0 spiro atoms. The molecular weight excluding hydrogens is 264 g/mol. The van der Waals surface area contributed by atoms with Crippen LogP contribution in [-0.4, -0.2) is 12.6 Å². The highest BCUT2D eigenvalue weighted by molar-refractivity contribution is 5.75. The molecule has 3 heteroatoms. The SMILES string of the molecule is C=CCOc1ccc(OC(=O)C2CCC(CC)CC2)cc1. The normalized spacial score (nSPS) is 21.6. The molecule has 1 aromatic carbocycles. The predicted octanol–water partition coefficient (Wildman–Crippen LogP) is 4.37. The maximum Gasteiger partial charge on any atom is 0.314 e. The number of hydrogen-bond acceptors (Lipinski definition) is 3. The quantitative estimate of drug-likeness (QED) is 0.443. The summed E-state index contributed by atoms with van der Waals surface area (Å²) in [6.07, 6.45) is 7.11. The summed E-state index contributed by atoms with van der Waals surface area (Å²) in [5.41, 5.74) is 0. The van der Waals surface area contributed by atoms with Crippen molar-refractivity contribution in [2.75, 3.05) is 6.61 Å². The lowest BCUT2D eigenvalue weighted by Gasteiger charge is -2.26. The van der Waals surface area contributed by atoms with Crippen LogP contribution in [0.1, 0.15) is 39.0 Å². The van der Waals surface area contributed by atoms with Crippen molar-refractivity contribution in [2.24, 2.45) is 11.8 Å². The van der Waals surface area contributed by atoms with E-state index >= 15 is 0 Å². The first kappa shape index (κ1) is 15.6. The van der Waals surface area contributed by atoms with Crippen molar-refractivity contribution < 1.29 is 14.3 Å². The fourth-order valence-corrected chi connectivity index (χ4v) is 2.76. The topological polar surface area (TPSA) is 35.5 Å². The standard InChI is InChI=1S/C18H24O3/c1-3-13-20-16-9-11-17(12-10-16)21-18(19)15-7-5-14(4-2)6-8-15/h3,9-12,14-15H,1,4-8,13H2,2H3. The van der Waals surface area contributed by atoms with E-state index in [4.69, 9.17) is 9.47 Å². The van der Waals surface area contributed by atoms with Crippen LogP contribution in [0.4, 0.5) is 0 Å². The minimum Gasteiger partial charge on any atom is -0.490 e. The van der Waals surface area contributed by atoms with Gasteiger partial charge in [-0.05, 0) is 55.9 Å². The zero-order valence-corrected chi connectivity index (χ0v) is 12.7. The molecule has 1 aromatic rings. The third-order valence-corrected chi connectivity index (χ3v) is 4.17. The van der Waals surface area contributed by atoms with Gasteiger partial charge in [0.1, 0.15) is 18.1 Å². The van der Waals surface area contributed by atoms with E-state index < -0.39 is 0 Å². The van der Waals surface area contributed by atoms with Crippen LogP contribution in [0.2, 0.25) is 0 Å². The van der Waals surface area contributed by atoms with Crippen LogP contribution in [0, 0.1) is 11.8 Å². The van der Waals surface area contributed by atoms with E-state index in [0.29, 0.717) is 12.4 Å². The molecule has 0 bridgehead atoms. The molecule has 0 unspecified atom stereocenters. The van der Waals surface area contributed by atoms with Crippen LogP contribution < -0.4 is 9.47 Å². The minimum atomic E-state index is -0.0932. The molecule has 2 rings (SSSR count). The lowest BCUT2D eigenvalue weighted by Crippen LogP contribution is -2.25. The predicted molar refractivity (Wildman–Crippen MR) is 83.5 cm³/mol. The van der Waals surface area contributed by atoms with Crippen LogP contribution in [0.3, 0.4) is 0 Å². The van der Waals surface area contributed by atoms with Crippen molar-refractivity contribution in [1.82, 2.24) is 0 Å². The van der Waals surface area contributed by atoms with Crippen LogP contribution in [0.15, 0.2) is 36.9 Å². The Hall–Kier alpha value is -1.77. The van der Waals surface area contributed by atoms with E-state index in [1.807, 2.05) is 0 Å². The summed E-state index contributed by atoms with van der Waals surface area (Å²) >= 11 is 0. The van der Waals surface area contributed by atoms with Crippen molar-refractivity contribution in [3.8, 4) is 11.5 Å². The average Bonchev–Trinajstić information content (AvgIpc) is 2.54. The van der Waals surface area contributed by atoms with Gasteiger partial charge in [0.05, 0.1) is 5.92 Å². The van der Waals surface area contributed by atoms with Crippen molar-refractivity contribution in [2.45, 2.75) is 39.0 Å². The molecule has 0 aliphatic heterocycles. The Morgan fingerprint density at radius 3 is 2.38 bits per heavy atom. The number of carbonyl (C=O) groups is 1. The van der Waals surface area contributed by atoms with Crippen molar-refractivity contribution in [3.63, 3.8) is 0 Å². The monoisotopic (exact) mass is 288 g/mol. The Balaban J connectivity index is 1.83. The fraction of sp³-hybridized carbons (Fsp3) is 0.500. The van der Waals surface area contributed by atoms with E-state index in [-0.39, 0.29) is 11.9 Å². The Labute approximate surface area is 127 Å². The molecule has 1 saturated carbocycles. The molecule has 1 aliphatic rings. The molecule has 0 atom stereocenters. The Bertz CT molecular complexity index is 456. The second kappa shape index (κ2) is 7.87. The third kappa shape index (κ3) is 4.62. The van der Waals surface area contributed by atoms with Gasteiger partial charge in [0, 0.05) is 0 Å². The fourth-order valence-electron chi connectivity index (χ4n) is 2.76. The zero-order valence-electron chi connectivity index (χ0n) is 12.7. The van der Waals surface area contributed by atoms with E-state index in [1.165, 1.54) is 6.42 Å². The molecule has 0 saturated heterocycles. The van der Waals surface area contributed by atoms with Crippen LogP contribution in [-0.2, 0) is 4.79 Å². The second-order valence-corrected chi connectivity index (χ2v) is 5.62. The van der Waals surface area contributed by atoms with E-state index in [9.17, 15) is 4.79 Å². The van der Waals surface area contributed by atoms with E-state index in [2.05, 4.69) is 13.5 Å². The van der Waals surface area contributed by atoms with Gasteiger partial charge in [0.2, 0.25) is 0 Å². The second-order valence-electron chi connectivity index (χ2n) is 5.62. The lowest BCUT2D eigenvalue weighted by molar-refractivity contribution is -0.140.